The largest absolute Gasteiger partial charge is 0.388 e. The molecule has 0 spiro atoms. The first kappa shape index (κ1) is 13.8. The number of aryl methyl sites for hydroxylation is 1. The van der Waals surface area contributed by atoms with Crippen LogP contribution in [0.15, 0.2) is 15.7 Å². The topological polar surface area (TPSA) is 72.9 Å². The molecule has 7 heteroatoms. The van der Waals surface area contributed by atoms with E-state index in [-0.39, 0.29) is 5.56 Å². The third-order valence-electron chi connectivity index (χ3n) is 4.02. The molecule has 20 heavy (non-hydrogen) atoms. The Balaban J connectivity index is 2.02. The third-order valence-corrected chi connectivity index (χ3v) is 4.57. The van der Waals surface area contributed by atoms with E-state index in [0.29, 0.717) is 22.2 Å². The zero-order valence-corrected chi connectivity index (χ0v) is 12.9. The first-order valence-electron chi connectivity index (χ1n) is 6.80. The molecule has 0 bridgehead atoms. The zero-order valence-electron chi connectivity index (χ0n) is 11.3. The summed E-state index contributed by atoms with van der Waals surface area (Å²) in [4.78, 5) is 16.8. The fraction of sp³-hybridized carbons (Fsp3) is 0.615. The van der Waals surface area contributed by atoms with Gasteiger partial charge in [0.25, 0.3) is 5.56 Å². The second-order valence-electron chi connectivity index (χ2n) is 5.58. The molecule has 1 aliphatic carbocycles. The molecular weight excluding hydrogens is 324 g/mol. The van der Waals surface area contributed by atoms with Gasteiger partial charge < -0.3 is 5.11 Å². The van der Waals surface area contributed by atoms with E-state index in [1.807, 2.05) is 0 Å². The van der Waals surface area contributed by atoms with E-state index in [9.17, 15) is 9.90 Å². The lowest BCUT2D eigenvalue weighted by Crippen LogP contribution is -2.39. The van der Waals surface area contributed by atoms with Crippen LogP contribution >= 0.6 is 15.9 Å². The van der Waals surface area contributed by atoms with E-state index in [2.05, 4.69) is 26.0 Å². The van der Waals surface area contributed by atoms with Gasteiger partial charge in [0.15, 0.2) is 5.65 Å². The van der Waals surface area contributed by atoms with Crippen molar-refractivity contribution in [2.24, 2.45) is 7.05 Å². The average Bonchev–Trinajstić information content (AvgIpc) is 2.69. The van der Waals surface area contributed by atoms with Crippen molar-refractivity contribution < 1.29 is 5.11 Å². The third kappa shape index (κ3) is 2.29. The standard InChI is InChI=1S/C13H17BrN4O2/c1-17-11-9(10(14)16-17)12(19)18(8-15-11)7-13(20)5-3-2-4-6-13/h8,20H,2-7H2,1H3. The molecule has 0 aromatic carbocycles. The highest BCUT2D eigenvalue weighted by Crippen LogP contribution is 2.29. The smallest absolute Gasteiger partial charge is 0.265 e. The van der Waals surface area contributed by atoms with Crippen molar-refractivity contribution in [1.29, 1.82) is 0 Å². The Morgan fingerprint density at radius 2 is 2.10 bits per heavy atom. The number of hydrogen-bond acceptors (Lipinski definition) is 4. The van der Waals surface area contributed by atoms with Gasteiger partial charge in [-0.2, -0.15) is 5.10 Å². The van der Waals surface area contributed by atoms with Crippen LogP contribution in [0.5, 0.6) is 0 Å². The number of hydrogen-bond donors (Lipinski definition) is 1. The van der Waals surface area contributed by atoms with Gasteiger partial charge in [-0.25, -0.2) is 9.67 Å². The maximum atomic E-state index is 12.5. The van der Waals surface area contributed by atoms with Gasteiger partial charge in [-0.1, -0.05) is 19.3 Å². The monoisotopic (exact) mass is 340 g/mol. The quantitative estimate of drug-likeness (QED) is 0.900. The average molecular weight is 341 g/mol. The predicted octanol–water partition coefficient (Wildman–Crippen LogP) is 1.59. The van der Waals surface area contributed by atoms with Gasteiger partial charge in [-0.15, -0.1) is 0 Å². The summed E-state index contributed by atoms with van der Waals surface area (Å²) in [7, 11) is 1.75. The van der Waals surface area contributed by atoms with Crippen molar-refractivity contribution in [2.75, 3.05) is 0 Å². The number of nitrogens with zero attached hydrogens (tertiary/aromatic N) is 4. The minimum Gasteiger partial charge on any atom is -0.388 e. The number of aromatic nitrogens is 4. The highest BCUT2D eigenvalue weighted by atomic mass is 79.9. The van der Waals surface area contributed by atoms with Gasteiger partial charge in [0.05, 0.1) is 12.1 Å². The SMILES string of the molecule is Cn1nc(Br)c2c(=O)n(CC3(O)CCCCC3)cnc21. The van der Waals surface area contributed by atoms with E-state index < -0.39 is 5.60 Å². The lowest BCUT2D eigenvalue weighted by atomic mass is 9.85. The number of aliphatic hydroxyl groups is 1. The predicted molar refractivity (Wildman–Crippen MR) is 78.5 cm³/mol. The molecule has 0 saturated heterocycles. The summed E-state index contributed by atoms with van der Waals surface area (Å²) < 4.78 is 3.57. The van der Waals surface area contributed by atoms with Gasteiger partial charge in [-0.05, 0) is 28.8 Å². The zero-order chi connectivity index (χ0) is 14.3. The van der Waals surface area contributed by atoms with E-state index in [1.54, 1.807) is 11.7 Å². The molecular formula is C13H17BrN4O2. The van der Waals surface area contributed by atoms with E-state index >= 15 is 0 Å². The molecule has 0 amide bonds. The molecule has 1 fully saturated rings. The summed E-state index contributed by atoms with van der Waals surface area (Å²) >= 11 is 3.29. The Kier molecular flexibility index (Phi) is 3.41. The Morgan fingerprint density at radius 3 is 2.80 bits per heavy atom. The van der Waals surface area contributed by atoms with Crippen LogP contribution in [0, 0.1) is 0 Å². The second kappa shape index (κ2) is 4.96. The molecule has 1 N–H and O–H groups in total. The van der Waals surface area contributed by atoms with E-state index in [0.717, 1.165) is 32.1 Å². The lowest BCUT2D eigenvalue weighted by Gasteiger charge is -2.32. The van der Waals surface area contributed by atoms with Crippen LogP contribution in [0.2, 0.25) is 0 Å². The molecule has 3 rings (SSSR count). The number of fused-ring (bicyclic) bond motifs is 1. The highest BCUT2D eigenvalue weighted by Gasteiger charge is 2.30. The highest BCUT2D eigenvalue weighted by molar-refractivity contribution is 9.10. The maximum Gasteiger partial charge on any atom is 0.265 e. The van der Waals surface area contributed by atoms with Gasteiger partial charge in [0.1, 0.15) is 16.3 Å². The molecule has 2 heterocycles. The fourth-order valence-corrected chi connectivity index (χ4v) is 3.52. The maximum absolute atomic E-state index is 12.5. The minimum atomic E-state index is -0.786. The second-order valence-corrected chi connectivity index (χ2v) is 6.33. The van der Waals surface area contributed by atoms with Crippen LogP contribution in [0.3, 0.4) is 0 Å². The molecule has 1 aliphatic rings. The van der Waals surface area contributed by atoms with Crippen molar-refractivity contribution in [3.63, 3.8) is 0 Å². The number of rotatable bonds is 2. The van der Waals surface area contributed by atoms with E-state index in [4.69, 9.17) is 0 Å². The summed E-state index contributed by atoms with van der Waals surface area (Å²) in [5, 5.41) is 15.2. The molecule has 0 radical (unpaired) electrons. The lowest BCUT2D eigenvalue weighted by molar-refractivity contribution is -0.0123. The van der Waals surface area contributed by atoms with E-state index in [1.165, 1.54) is 10.9 Å². The summed E-state index contributed by atoms with van der Waals surface area (Å²) in [6, 6.07) is 0. The summed E-state index contributed by atoms with van der Waals surface area (Å²) in [6.45, 7) is 0.302. The van der Waals surface area contributed by atoms with Gasteiger partial charge in [0.2, 0.25) is 0 Å². The van der Waals surface area contributed by atoms with Gasteiger partial charge in [0, 0.05) is 7.05 Å². The van der Waals surface area contributed by atoms with Crippen molar-refractivity contribution in [3.8, 4) is 0 Å². The minimum absolute atomic E-state index is 0.158. The van der Waals surface area contributed by atoms with Crippen molar-refractivity contribution in [1.82, 2.24) is 19.3 Å². The molecule has 0 atom stereocenters. The normalized spacial score (nSPS) is 18.6. The molecule has 0 aliphatic heterocycles. The van der Waals surface area contributed by atoms with Crippen molar-refractivity contribution in [3.05, 3.63) is 21.3 Å². The van der Waals surface area contributed by atoms with Crippen LogP contribution in [0.4, 0.5) is 0 Å². The number of halogens is 1. The van der Waals surface area contributed by atoms with Crippen LogP contribution < -0.4 is 5.56 Å². The molecule has 6 nitrogen and oxygen atoms in total. The molecule has 2 aromatic heterocycles. The Labute approximate surface area is 124 Å². The van der Waals surface area contributed by atoms with Crippen LogP contribution in [-0.4, -0.2) is 30.0 Å². The van der Waals surface area contributed by atoms with Crippen LogP contribution in [0.25, 0.3) is 11.0 Å². The Bertz CT molecular complexity index is 700. The fourth-order valence-electron chi connectivity index (χ4n) is 2.93. The molecule has 0 unspecified atom stereocenters. The van der Waals surface area contributed by atoms with Gasteiger partial charge >= 0.3 is 0 Å². The van der Waals surface area contributed by atoms with Gasteiger partial charge in [-0.3, -0.25) is 9.36 Å². The Morgan fingerprint density at radius 1 is 1.40 bits per heavy atom. The van der Waals surface area contributed by atoms with Crippen molar-refractivity contribution in [2.45, 2.75) is 44.2 Å². The summed E-state index contributed by atoms with van der Waals surface area (Å²) in [6.07, 6.45) is 6.17. The molecule has 2 aromatic rings. The first-order chi connectivity index (χ1) is 9.50. The van der Waals surface area contributed by atoms with Crippen LogP contribution in [0.1, 0.15) is 32.1 Å². The first-order valence-corrected chi connectivity index (χ1v) is 7.59. The summed E-state index contributed by atoms with van der Waals surface area (Å²) in [5.74, 6) is 0. The molecule has 1 saturated carbocycles. The Hall–Kier alpha value is -1.21. The van der Waals surface area contributed by atoms with Crippen molar-refractivity contribution >= 4 is 27.0 Å². The summed E-state index contributed by atoms with van der Waals surface area (Å²) in [5.41, 5.74) is -0.394. The molecule has 108 valence electrons. The van der Waals surface area contributed by atoms with Crippen LogP contribution in [-0.2, 0) is 13.6 Å².